The highest BCUT2D eigenvalue weighted by atomic mass is 32.1. The van der Waals surface area contributed by atoms with Crippen LogP contribution in [0.15, 0.2) is 29.3 Å². The van der Waals surface area contributed by atoms with Crippen LogP contribution < -0.4 is 16.0 Å². The zero-order chi connectivity index (χ0) is 22.8. The van der Waals surface area contributed by atoms with Crippen LogP contribution in [0.4, 0.5) is 0 Å². The van der Waals surface area contributed by atoms with Crippen LogP contribution in [-0.4, -0.2) is 43.0 Å². The molecule has 9 heteroatoms. The van der Waals surface area contributed by atoms with Gasteiger partial charge in [-0.05, 0) is 44.9 Å². The van der Waals surface area contributed by atoms with Crippen molar-refractivity contribution in [3.05, 3.63) is 51.0 Å². The number of aliphatic imine (C=N–C) groups is 1. The summed E-state index contributed by atoms with van der Waals surface area (Å²) in [7, 11) is 1.69. The van der Waals surface area contributed by atoms with Gasteiger partial charge in [0.25, 0.3) is 5.91 Å². The molecule has 3 N–H and O–H groups in total. The number of guanidine groups is 1. The van der Waals surface area contributed by atoms with Gasteiger partial charge >= 0.3 is 5.97 Å². The van der Waals surface area contributed by atoms with Gasteiger partial charge in [0, 0.05) is 25.7 Å². The number of aromatic nitrogens is 1. The van der Waals surface area contributed by atoms with Crippen LogP contribution in [0.2, 0.25) is 0 Å². The van der Waals surface area contributed by atoms with Crippen LogP contribution in [-0.2, 0) is 11.3 Å². The van der Waals surface area contributed by atoms with Crippen molar-refractivity contribution in [2.45, 2.75) is 46.7 Å². The molecular weight excluding hydrogens is 414 g/mol. The van der Waals surface area contributed by atoms with Crippen molar-refractivity contribution < 1.29 is 14.3 Å². The van der Waals surface area contributed by atoms with E-state index in [1.165, 1.54) is 11.3 Å². The molecule has 0 spiro atoms. The molecule has 2 rings (SSSR count). The topological polar surface area (TPSA) is 105 Å². The van der Waals surface area contributed by atoms with Crippen molar-refractivity contribution in [3.8, 4) is 0 Å². The maximum Gasteiger partial charge on any atom is 0.350 e. The van der Waals surface area contributed by atoms with Crippen molar-refractivity contribution in [3.63, 3.8) is 0 Å². The lowest BCUT2D eigenvalue weighted by Gasteiger charge is -2.16. The van der Waals surface area contributed by atoms with Gasteiger partial charge in [-0.25, -0.2) is 9.78 Å². The lowest BCUT2D eigenvalue weighted by molar-refractivity contribution is 0.0531. The molecule has 2 aromatic rings. The van der Waals surface area contributed by atoms with Gasteiger partial charge in [0.05, 0.1) is 18.3 Å². The Balaban J connectivity index is 1.98. The summed E-state index contributed by atoms with van der Waals surface area (Å²) in [5, 5.41) is 10.2. The summed E-state index contributed by atoms with van der Waals surface area (Å²) in [5.74, 6) is 0.177. The predicted octanol–water partition coefficient (Wildman–Crippen LogP) is 3.19. The summed E-state index contributed by atoms with van der Waals surface area (Å²) in [6.45, 7) is 9.05. The first-order valence-electron chi connectivity index (χ1n) is 10.4. The summed E-state index contributed by atoms with van der Waals surface area (Å²) in [5.41, 5.74) is 2.26. The number of ether oxygens (including phenoxy) is 1. The van der Waals surface area contributed by atoms with Crippen molar-refractivity contribution in [2.24, 2.45) is 4.99 Å². The standard InChI is InChI=1S/C22H31N5O3S/c1-6-11-24-19(28)17-10-8-9-16(12-17)13-25-22(23-5)27-15(4)20-26-14(3)18(31-20)21(29)30-7-2/h8-10,12,15H,6-7,11,13H2,1-5H3,(H,24,28)(H2,23,25,27). The van der Waals surface area contributed by atoms with E-state index in [1.54, 1.807) is 27.0 Å². The largest absolute Gasteiger partial charge is 0.462 e. The van der Waals surface area contributed by atoms with Gasteiger partial charge < -0.3 is 20.7 Å². The normalized spacial score (nSPS) is 12.2. The Morgan fingerprint density at radius 3 is 2.71 bits per heavy atom. The molecule has 0 saturated heterocycles. The summed E-state index contributed by atoms with van der Waals surface area (Å²) < 4.78 is 5.09. The summed E-state index contributed by atoms with van der Waals surface area (Å²) >= 11 is 1.32. The van der Waals surface area contributed by atoms with Crippen molar-refractivity contribution in [1.82, 2.24) is 20.9 Å². The van der Waals surface area contributed by atoms with Gasteiger partial charge in [-0.2, -0.15) is 0 Å². The molecule has 8 nitrogen and oxygen atoms in total. The molecule has 31 heavy (non-hydrogen) atoms. The number of rotatable bonds is 9. The molecule has 1 amide bonds. The molecule has 1 heterocycles. The SMILES string of the molecule is CCCNC(=O)c1cccc(CNC(=NC)NC(C)c2nc(C)c(C(=O)OCC)s2)c1. The fourth-order valence-electron chi connectivity index (χ4n) is 2.80. The number of nitrogens with zero attached hydrogens (tertiary/aromatic N) is 2. The van der Waals surface area contributed by atoms with Crippen LogP contribution >= 0.6 is 11.3 Å². The highest BCUT2D eigenvalue weighted by Gasteiger charge is 2.20. The van der Waals surface area contributed by atoms with E-state index in [2.05, 4.69) is 25.9 Å². The van der Waals surface area contributed by atoms with Gasteiger partial charge in [-0.3, -0.25) is 9.79 Å². The van der Waals surface area contributed by atoms with E-state index in [0.29, 0.717) is 41.8 Å². The maximum absolute atomic E-state index is 12.2. The fourth-order valence-corrected chi connectivity index (χ4v) is 3.76. The number of amides is 1. The van der Waals surface area contributed by atoms with Crippen LogP contribution in [0.5, 0.6) is 0 Å². The van der Waals surface area contributed by atoms with Gasteiger partial charge in [-0.15, -0.1) is 11.3 Å². The number of hydrogen-bond acceptors (Lipinski definition) is 6. The minimum atomic E-state index is -0.346. The molecule has 0 bridgehead atoms. The summed E-state index contributed by atoms with van der Waals surface area (Å²) in [6, 6.07) is 7.34. The smallest absolute Gasteiger partial charge is 0.350 e. The van der Waals surface area contributed by atoms with Gasteiger partial charge in [0.2, 0.25) is 0 Å². The molecule has 0 aliphatic rings. The third-order valence-electron chi connectivity index (χ3n) is 4.41. The molecule has 168 valence electrons. The second-order valence-corrected chi connectivity index (χ2v) is 7.97. The maximum atomic E-state index is 12.2. The highest BCUT2D eigenvalue weighted by Crippen LogP contribution is 2.24. The second-order valence-electron chi connectivity index (χ2n) is 6.94. The Morgan fingerprint density at radius 2 is 2.03 bits per heavy atom. The average Bonchev–Trinajstić information content (AvgIpc) is 3.17. The molecule has 0 aliphatic heterocycles. The minimum absolute atomic E-state index is 0.0728. The van der Waals surface area contributed by atoms with E-state index in [0.717, 1.165) is 17.0 Å². The predicted molar refractivity (Wildman–Crippen MR) is 124 cm³/mol. The molecule has 1 unspecified atom stereocenters. The number of hydrogen-bond donors (Lipinski definition) is 3. The lowest BCUT2D eigenvalue weighted by Crippen LogP contribution is -2.38. The number of aryl methyl sites for hydroxylation is 1. The minimum Gasteiger partial charge on any atom is -0.462 e. The molecule has 1 aromatic carbocycles. The third kappa shape index (κ3) is 7.06. The van der Waals surface area contributed by atoms with Crippen LogP contribution in [0.3, 0.4) is 0 Å². The van der Waals surface area contributed by atoms with Gasteiger partial charge in [0.15, 0.2) is 5.96 Å². The van der Waals surface area contributed by atoms with Crippen molar-refractivity contribution in [1.29, 1.82) is 0 Å². The monoisotopic (exact) mass is 445 g/mol. The highest BCUT2D eigenvalue weighted by molar-refractivity contribution is 7.13. The Hall–Kier alpha value is -2.94. The van der Waals surface area contributed by atoms with Crippen molar-refractivity contribution >= 4 is 29.2 Å². The molecule has 1 aromatic heterocycles. The zero-order valence-corrected chi connectivity index (χ0v) is 19.6. The Bertz CT molecular complexity index is 926. The van der Waals surface area contributed by atoms with Crippen LogP contribution in [0.1, 0.15) is 69.5 Å². The Labute approximate surface area is 187 Å². The Morgan fingerprint density at radius 1 is 1.26 bits per heavy atom. The van der Waals surface area contributed by atoms with E-state index in [4.69, 9.17) is 4.74 Å². The molecule has 0 aliphatic carbocycles. The second kappa shape index (κ2) is 12.0. The molecular formula is C22H31N5O3S. The molecule has 1 atom stereocenters. The number of nitrogens with one attached hydrogen (secondary N) is 3. The van der Waals surface area contributed by atoms with E-state index in [-0.39, 0.29) is 17.9 Å². The number of esters is 1. The van der Waals surface area contributed by atoms with Gasteiger partial charge in [0.1, 0.15) is 9.88 Å². The first-order valence-corrected chi connectivity index (χ1v) is 11.2. The zero-order valence-electron chi connectivity index (χ0n) is 18.7. The first-order chi connectivity index (χ1) is 14.9. The number of carbonyl (C=O) groups is 2. The quantitative estimate of drug-likeness (QED) is 0.311. The van der Waals surface area contributed by atoms with E-state index < -0.39 is 0 Å². The fraction of sp³-hybridized carbons (Fsp3) is 0.455. The van der Waals surface area contributed by atoms with Gasteiger partial charge in [-0.1, -0.05) is 19.1 Å². The molecule has 0 fully saturated rings. The molecule has 0 radical (unpaired) electrons. The van der Waals surface area contributed by atoms with E-state index in [9.17, 15) is 9.59 Å². The van der Waals surface area contributed by atoms with E-state index in [1.807, 2.05) is 32.0 Å². The Kier molecular flexibility index (Phi) is 9.45. The number of benzene rings is 1. The first kappa shape index (κ1) is 24.3. The lowest BCUT2D eigenvalue weighted by atomic mass is 10.1. The van der Waals surface area contributed by atoms with Crippen LogP contribution in [0.25, 0.3) is 0 Å². The summed E-state index contributed by atoms with van der Waals surface area (Å²) in [4.78, 5) is 33.5. The number of carbonyl (C=O) groups excluding carboxylic acids is 2. The molecule has 0 saturated carbocycles. The average molecular weight is 446 g/mol. The third-order valence-corrected chi connectivity index (χ3v) is 5.73. The van der Waals surface area contributed by atoms with Crippen molar-refractivity contribution in [2.75, 3.05) is 20.2 Å². The summed E-state index contributed by atoms with van der Waals surface area (Å²) in [6.07, 6.45) is 0.896. The van der Waals surface area contributed by atoms with E-state index >= 15 is 0 Å². The van der Waals surface area contributed by atoms with Crippen LogP contribution in [0, 0.1) is 6.92 Å². The number of thiazole rings is 1.